The zero-order valence-corrected chi connectivity index (χ0v) is 14.8. The summed E-state index contributed by atoms with van der Waals surface area (Å²) >= 11 is 13.2. The van der Waals surface area contributed by atoms with Gasteiger partial charge in [0.15, 0.2) is 0 Å². The number of hydrazine groups is 1. The Labute approximate surface area is 139 Å². The van der Waals surface area contributed by atoms with Gasteiger partial charge in [-0.25, -0.2) is 5.43 Å². The van der Waals surface area contributed by atoms with Gasteiger partial charge in [-0.05, 0) is 46.1 Å². The number of halogens is 3. The molecule has 0 radical (unpaired) electrons. The Morgan fingerprint density at radius 1 is 1.40 bits per heavy atom. The number of nitrogens with one attached hydrogen (secondary N) is 1. The Kier molecular flexibility index (Phi) is 5.63. The minimum Gasteiger partial charge on any atom is -0.271 e. The molecule has 0 aliphatic carbocycles. The van der Waals surface area contributed by atoms with Crippen LogP contribution in [0.5, 0.6) is 0 Å². The summed E-state index contributed by atoms with van der Waals surface area (Å²) in [4.78, 5) is 0. The predicted octanol–water partition coefficient (Wildman–Crippen LogP) is 4.02. The van der Waals surface area contributed by atoms with Crippen molar-refractivity contribution < 1.29 is 0 Å². The molecular weight excluding hydrogens is 407 g/mol. The van der Waals surface area contributed by atoms with Crippen LogP contribution < -0.4 is 11.3 Å². The van der Waals surface area contributed by atoms with E-state index in [1.807, 2.05) is 22.9 Å². The summed E-state index contributed by atoms with van der Waals surface area (Å²) in [5.74, 6) is 5.77. The minimum atomic E-state index is -0.202. The molecule has 1 aromatic heterocycles. The van der Waals surface area contributed by atoms with E-state index in [-0.39, 0.29) is 6.04 Å². The van der Waals surface area contributed by atoms with E-state index < -0.39 is 0 Å². The highest BCUT2D eigenvalue weighted by molar-refractivity contribution is 9.10. The predicted molar refractivity (Wildman–Crippen MR) is 88.5 cm³/mol. The van der Waals surface area contributed by atoms with E-state index in [1.165, 1.54) is 0 Å². The highest BCUT2D eigenvalue weighted by Crippen LogP contribution is 2.33. The summed E-state index contributed by atoms with van der Waals surface area (Å²) in [5.41, 5.74) is 4.80. The second kappa shape index (κ2) is 7.04. The molecule has 0 bridgehead atoms. The molecule has 0 aliphatic rings. The summed E-state index contributed by atoms with van der Waals surface area (Å²) in [6.45, 7) is 2.94. The number of rotatable bonds is 5. The average molecular weight is 423 g/mol. The quantitative estimate of drug-likeness (QED) is 0.565. The Bertz CT molecular complexity index is 600. The third-order valence-electron chi connectivity index (χ3n) is 2.98. The maximum atomic E-state index is 6.10. The van der Waals surface area contributed by atoms with Crippen molar-refractivity contribution in [2.45, 2.75) is 25.9 Å². The number of aromatic nitrogens is 2. The fraction of sp³-hybridized carbons (Fsp3) is 0.308. The molecular formula is C13H15Br2ClN4. The maximum Gasteiger partial charge on any atom is 0.0901 e. The SMILES string of the molecule is CCCn1ncc(Br)c1C(NN)c1cc(Cl)ccc1Br. The lowest BCUT2D eigenvalue weighted by Crippen LogP contribution is -2.31. The third-order valence-corrected chi connectivity index (χ3v) is 4.55. The lowest BCUT2D eigenvalue weighted by Gasteiger charge is -2.20. The van der Waals surface area contributed by atoms with Crippen LogP contribution in [0.1, 0.15) is 30.6 Å². The van der Waals surface area contributed by atoms with Crippen molar-refractivity contribution in [2.24, 2.45) is 5.84 Å². The first-order chi connectivity index (χ1) is 9.58. The zero-order chi connectivity index (χ0) is 14.7. The van der Waals surface area contributed by atoms with Gasteiger partial charge in [0.25, 0.3) is 0 Å². The van der Waals surface area contributed by atoms with Crippen molar-refractivity contribution >= 4 is 43.5 Å². The van der Waals surface area contributed by atoms with Crippen molar-refractivity contribution in [3.05, 3.63) is 49.6 Å². The molecule has 0 saturated heterocycles. The van der Waals surface area contributed by atoms with Crippen LogP contribution >= 0.6 is 43.5 Å². The van der Waals surface area contributed by atoms with Gasteiger partial charge in [0.05, 0.1) is 22.4 Å². The number of aryl methyl sites for hydroxylation is 1. The van der Waals surface area contributed by atoms with Crippen molar-refractivity contribution in [1.82, 2.24) is 15.2 Å². The van der Waals surface area contributed by atoms with E-state index >= 15 is 0 Å². The van der Waals surface area contributed by atoms with Gasteiger partial charge in [0, 0.05) is 16.0 Å². The Morgan fingerprint density at radius 2 is 2.15 bits per heavy atom. The third kappa shape index (κ3) is 3.26. The molecule has 0 saturated carbocycles. The lowest BCUT2D eigenvalue weighted by molar-refractivity contribution is 0.519. The molecule has 2 rings (SSSR count). The Hall–Kier alpha value is -0.400. The standard InChI is InChI=1S/C13H15Br2ClN4/c1-2-5-20-13(11(15)7-18-20)12(19-17)9-6-8(16)3-4-10(9)14/h3-4,6-7,12,19H,2,5,17H2,1H3. The van der Waals surface area contributed by atoms with Crippen molar-refractivity contribution in [2.75, 3.05) is 0 Å². The van der Waals surface area contributed by atoms with Crippen LogP contribution in [0.4, 0.5) is 0 Å². The van der Waals surface area contributed by atoms with Crippen LogP contribution in [0, 0.1) is 0 Å². The van der Waals surface area contributed by atoms with Gasteiger partial charge in [0.1, 0.15) is 0 Å². The van der Waals surface area contributed by atoms with Gasteiger partial charge in [-0.2, -0.15) is 5.10 Å². The molecule has 1 atom stereocenters. The van der Waals surface area contributed by atoms with E-state index in [1.54, 1.807) is 6.20 Å². The van der Waals surface area contributed by atoms with Gasteiger partial charge in [-0.3, -0.25) is 10.5 Å². The van der Waals surface area contributed by atoms with E-state index in [9.17, 15) is 0 Å². The molecule has 1 heterocycles. The number of hydrogen-bond donors (Lipinski definition) is 2. The Balaban J connectivity index is 2.52. The van der Waals surface area contributed by atoms with Gasteiger partial charge in [-0.15, -0.1) is 0 Å². The minimum absolute atomic E-state index is 0.202. The van der Waals surface area contributed by atoms with Gasteiger partial charge in [-0.1, -0.05) is 34.5 Å². The lowest BCUT2D eigenvalue weighted by atomic mass is 10.0. The summed E-state index contributed by atoms with van der Waals surface area (Å²) in [7, 11) is 0. The van der Waals surface area contributed by atoms with Crippen LogP contribution in [0.3, 0.4) is 0 Å². The number of benzene rings is 1. The van der Waals surface area contributed by atoms with Crippen molar-refractivity contribution in [3.8, 4) is 0 Å². The monoisotopic (exact) mass is 420 g/mol. The maximum absolute atomic E-state index is 6.10. The summed E-state index contributed by atoms with van der Waals surface area (Å²) in [5, 5.41) is 5.05. The highest BCUT2D eigenvalue weighted by atomic mass is 79.9. The van der Waals surface area contributed by atoms with Crippen LogP contribution in [0.15, 0.2) is 33.3 Å². The number of hydrogen-bond acceptors (Lipinski definition) is 3. The molecule has 0 fully saturated rings. The van der Waals surface area contributed by atoms with Crippen LogP contribution in [0.25, 0.3) is 0 Å². The first kappa shape index (κ1) is 16.0. The van der Waals surface area contributed by atoms with Gasteiger partial charge < -0.3 is 0 Å². The van der Waals surface area contributed by atoms with Crippen molar-refractivity contribution in [3.63, 3.8) is 0 Å². The summed E-state index contributed by atoms with van der Waals surface area (Å²) < 4.78 is 3.81. The van der Waals surface area contributed by atoms with E-state index in [0.717, 1.165) is 33.2 Å². The first-order valence-corrected chi connectivity index (χ1v) is 8.17. The van der Waals surface area contributed by atoms with Crippen LogP contribution in [-0.2, 0) is 6.54 Å². The largest absolute Gasteiger partial charge is 0.271 e. The highest BCUT2D eigenvalue weighted by Gasteiger charge is 2.22. The molecule has 0 aliphatic heterocycles. The number of nitrogens with two attached hydrogens (primary N) is 1. The van der Waals surface area contributed by atoms with E-state index in [2.05, 4.69) is 49.3 Å². The van der Waals surface area contributed by atoms with Gasteiger partial charge >= 0.3 is 0 Å². The average Bonchev–Trinajstić information content (AvgIpc) is 2.77. The summed E-state index contributed by atoms with van der Waals surface area (Å²) in [6, 6.07) is 5.44. The topological polar surface area (TPSA) is 55.9 Å². The molecule has 2 aromatic rings. The summed E-state index contributed by atoms with van der Waals surface area (Å²) in [6.07, 6.45) is 2.78. The second-order valence-corrected chi connectivity index (χ2v) is 6.51. The fourth-order valence-corrected chi connectivity index (χ4v) is 3.28. The molecule has 7 heteroatoms. The molecule has 1 aromatic carbocycles. The molecule has 108 valence electrons. The normalized spacial score (nSPS) is 12.7. The second-order valence-electron chi connectivity index (χ2n) is 4.37. The zero-order valence-electron chi connectivity index (χ0n) is 10.9. The first-order valence-electron chi connectivity index (χ1n) is 6.20. The molecule has 3 N–H and O–H groups in total. The molecule has 0 spiro atoms. The smallest absolute Gasteiger partial charge is 0.0901 e. The van der Waals surface area contributed by atoms with E-state index in [4.69, 9.17) is 17.4 Å². The Morgan fingerprint density at radius 3 is 2.80 bits per heavy atom. The molecule has 0 amide bonds. The van der Waals surface area contributed by atoms with Crippen LogP contribution in [0.2, 0.25) is 5.02 Å². The molecule has 20 heavy (non-hydrogen) atoms. The van der Waals surface area contributed by atoms with Gasteiger partial charge in [0.2, 0.25) is 0 Å². The van der Waals surface area contributed by atoms with Crippen LogP contribution in [-0.4, -0.2) is 9.78 Å². The fourth-order valence-electron chi connectivity index (χ4n) is 2.10. The molecule has 1 unspecified atom stereocenters. The van der Waals surface area contributed by atoms with E-state index in [0.29, 0.717) is 5.02 Å². The molecule has 4 nitrogen and oxygen atoms in total. The van der Waals surface area contributed by atoms with Crippen molar-refractivity contribution in [1.29, 1.82) is 0 Å². The number of nitrogens with zero attached hydrogens (tertiary/aromatic N) is 2.